The largest absolute Gasteiger partial charge is 0.497 e. The molecule has 160 valence electrons. The van der Waals surface area contributed by atoms with Crippen LogP contribution >= 0.6 is 34.5 Å². The van der Waals surface area contributed by atoms with Crippen LogP contribution in [0.5, 0.6) is 5.75 Å². The number of methoxy groups -OCH3 is 1. The second-order valence-electron chi connectivity index (χ2n) is 7.30. The van der Waals surface area contributed by atoms with Gasteiger partial charge in [0.2, 0.25) is 0 Å². The number of halogens is 2. The fraction of sp³-hybridized carbons (Fsp3) is 0.125. The quantitative estimate of drug-likeness (QED) is 0.308. The van der Waals surface area contributed by atoms with Crippen molar-refractivity contribution in [3.05, 3.63) is 92.2 Å². The van der Waals surface area contributed by atoms with Crippen LogP contribution in [0, 0.1) is 0 Å². The molecular weight excluding hydrogens is 465 g/mol. The lowest BCUT2D eigenvalue weighted by molar-refractivity contribution is 0.0711. The number of aromatic nitrogens is 1. The van der Waals surface area contributed by atoms with Gasteiger partial charge in [-0.2, -0.15) is 5.10 Å². The first kappa shape index (κ1) is 20.9. The molecule has 0 N–H and O–H groups in total. The van der Waals surface area contributed by atoms with Gasteiger partial charge in [0, 0.05) is 17.4 Å². The van der Waals surface area contributed by atoms with Crippen LogP contribution in [0.15, 0.2) is 71.1 Å². The molecule has 5 rings (SSSR count). The summed E-state index contributed by atoms with van der Waals surface area (Å²) in [6.45, 7) is 0. The molecule has 1 unspecified atom stereocenters. The molecule has 2 aromatic heterocycles. The van der Waals surface area contributed by atoms with Gasteiger partial charge < -0.3 is 4.74 Å². The van der Waals surface area contributed by atoms with Crippen LogP contribution in [0.2, 0.25) is 10.2 Å². The first-order valence-corrected chi connectivity index (χ1v) is 11.5. The molecule has 0 saturated heterocycles. The van der Waals surface area contributed by atoms with Gasteiger partial charge in [0.15, 0.2) is 0 Å². The highest BCUT2D eigenvalue weighted by Gasteiger charge is 2.36. The van der Waals surface area contributed by atoms with E-state index in [0.29, 0.717) is 22.2 Å². The highest BCUT2D eigenvalue weighted by molar-refractivity contribution is 7.12. The fourth-order valence-electron chi connectivity index (χ4n) is 3.80. The summed E-state index contributed by atoms with van der Waals surface area (Å²) in [5.41, 5.74) is 2.69. The maximum Gasteiger partial charge on any atom is 0.276 e. The Hall–Kier alpha value is -2.93. The van der Waals surface area contributed by atoms with E-state index in [1.807, 2.05) is 41.8 Å². The number of amides is 1. The fourth-order valence-corrected chi connectivity index (χ4v) is 5.01. The standard InChI is InChI=1S/C24H17Cl2N3O2S/c1-31-15-8-9-19-14(11-15)12-17(23(26)27-19)21-13-20(22-7-4-10-32-22)28-29(21)24(30)16-5-2-3-6-18(16)25/h2-12,21H,13H2,1H3. The Labute approximate surface area is 198 Å². The lowest BCUT2D eigenvalue weighted by Crippen LogP contribution is -2.27. The number of pyridine rings is 1. The van der Waals surface area contributed by atoms with Crippen molar-refractivity contribution >= 4 is 57.1 Å². The lowest BCUT2D eigenvalue weighted by atomic mass is 10.0. The molecule has 0 spiro atoms. The molecule has 1 aliphatic rings. The van der Waals surface area contributed by atoms with Gasteiger partial charge >= 0.3 is 0 Å². The van der Waals surface area contributed by atoms with E-state index in [1.165, 1.54) is 5.01 Å². The van der Waals surface area contributed by atoms with Crippen molar-refractivity contribution in [3.63, 3.8) is 0 Å². The van der Waals surface area contributed by atoms with Crippen molar-refractivity contribution < 1.29 is 9.53 Å². The number of fused-ring (bicyclic) bond motifs is 1. The van der Waals surface area contributed by atoms with Crippen LogP contribution in [-0.2, 0) is 0 Å². The number of benzene rings is 2. The molecule has 2 aromatic carbocycles. The zero-order valence-electron chi connectivity index (χ0n) is 17.0. The maximum absolute atomic E-state index is 13.5. The van der Waals surface area contributed by atoms with Crippen LogP contribution in [0.4, 0.5) is 0 Å². The Kier molecular flexibility index (Phi) is 5.59. The van der Waals surface area contributed by atoms with Crippen LogP contribution < -0.4 is 4.74 Å². The van der Waals surface area contributed by atoms with Crippen LogP contribution in [0.25, 0.3) is 10.9 Å². The first-order chi connectivity index (χ1) is 15.5. The highest BCUT2D eigenvalue weighted by atomic mass is 35.5. The molecule has 1 amide bonds. The van der Waals surface area contributed by atoms with E-state index in [-0.39, 0.29) is 5.91 Å². The van der Waals surface area contributed by atoms with E-state index in [0.717, 1.165) is 32.8 Å². The molecule has 5 nitrogen and oxygen atoms in total. The van der Waals surface area contributed by atoms with E-state index in [2.05, 4.69) is 4.98 Å². The molecule has 1 aliphatic heterocycles. The van der Waals surface area contributed by atoms with Gasteiger partial charge in [0.1, 0.15) is 10.9 Å². The van der Waals surface area contributed by atoms with E-state index >= 15 is 0 Å². The molecular formula is C24H17Cl2N3O2S. The Morgan fingerprint density at radius 2 is 1.97 bits per heavy atom. The Balaban J connectivity index is 1.62. The smallest absolute Gasteiger partial charge is 0.276 e. The van der Waals surface area contributed by atoms with Gasteiger partial charge in [-0.1, -0.05) is 41.4 Å². The summed E-state index contributed by atoms with van der Waals surface area (Å²) < 4.78 is 5.35. The first-order valence-electron chi connectivity index (χ1n) is 9.89. The summed E-state index contributed by atoms with van der Waals surface area (Å²) in [6.07, 6.45) is 0.521. The second-order valence-corrected chi connectivity index (χ2v) is 9.01. The van der Waals surface area contributed by atoms with Gasteiger partial charge in [0.05, 0.1) is 39.8 Å². The number of nitrogens with zero attached hydrogens (tertiary/aromatic N) is 3. The van der Waals surface area contributed by atoms with Gasteiger partial charge in [-0.05, 0) is 47.8 Å². The predicted molar refractivity (Wildman–Crippen MR) is 129 cm³/mol. The number of thiophene rings is 1. The maximum atomic E-state index is 13.5. The third-order valence-corrected chi connectivity index (χ3v) is 6.94. The van der Waals surface area contributed by atoms with Gasteiger partial charge in [0.25, 0.3) is 5.91 Å². The SMILES string of the molecule is COc1ccc2nc(Cl)c(C3CC(c4cccs4)=NN3C(=O)c3ccccc3Cl)cc2c1. The number of hydrogen-bond donors (Lipinski definition) is 0. The minimum Gasteiger partial charge on any atom is -0.497 e. The second kappa shape index (κ2) is 8.54. The average molecular weight is 482 g/mol. The number of carbonyl (C=O) groups excluding carboxylic acids is 1. The van der Waals surface area contributed by atoms with Crippen LogP contribution in [-0.4, -0.2) is 28.7 Å². The number of rotatable bonds is 4. The molecule has 0 radical (unpaired) electrons. The third-order valence-electron chi connectivity index (χ3n) is 5.39. The zero-order chi connectivity index (χ0) is 22.2. The summed E-state index contributed by atoms with van der Waals surface area (Å²) in [5, 5.41) is 9.76. The minimum absolute atomic E-state index is 0.283. The van der Waals surface area contributed by atoms with Crippen LogP contribution in [0.1, 0.15) is 33.3 Å². The normalized spacial score (nSPS) is 15.8. The highest BCUT2D eigenvalue weighted by Crippen LogP contribution is 2.39. The summed E-state index contributed by atoms with van der Waals surface area (Å²) in [4.78, 5) is 19.1. The number of hydrogen-bond acceptors (Lipinski definition) is 5. The van der Waals surface area contributed by atoms with Crippen molar-refractivity contribution in [2.24, 2.45) is 5.10 Å². The van der Waals surface area contributed by atoms with Crippen molar-refractivity contribution in [1.29, 1.82) is 0 Å². The van der Waals surface area contributed by atoms with Gasteiger partial charge in [-0.15, -0.1) is 11.3 Å². The molecule has 3 heterocycles. The van der Waals surface area contributed by atoms with Gasteiger partial charge in [-0.3, -0.25) is 4.79 Å². The molecule has 4 aromatic rings. The third kappa shape index (κ3) is 3.75. The number of ether oxygens (including phenoxy) is 1. The summed E-state index contributed by atoms with van der Waals surface area (Å²) >= 11 is 14.5. The van der Waals surface area contributed by atoms with E-state index in [9.17, 15) is 4.79 Å². The molecule has 0 bridgehead atoms. The minimum atomic E-state index is -0.411. The van der Waals surface area contributed by atoms with Crippen molar-refractivity contribution in [3.8, 4) is 5.75 Å². The number of carbonyl (C=O) groups is 1. The molecule has 32 heavy (non-hydrogen) atoms. The molecule has 0 saturated carbocycles. The van der Waals surface area contributed by atoms with Crippen molar-refractivity contribution in [2.75, 3.05) is 7.11 Å². The van der Waals surface area contributed by atoms with E-state index in [1.54, 1.807) is 42.7 Å². The van der Waals surface area contributed by atoms with Crippen molar-refractivity contribution in [1.82, 2.24) is 9.99 Å². The predicted octanol–water partition coefficient (Wildman–Crippen LogP) is 6.60. The topological polar surface area (TPSA) is 54.8 Å². The van der Waals surface area contributed by atoms with Crippen molar-refractivity contribution in [2.45, 2.75) is 12.5 Å². The summed E-state index contributed by atoms with van der Waals surface area (Å²) in [6, 6.07) is 18.1. The summed E-state index contributed by atoms with van der Waals surface area (Å²) in [5.74, 6) is 0.437. The van der Waals surface area contributed by atoms with E-state index < -0.39 is 6.04 Å². The van der Waals surface area contributed by atoms with E-state index in [4.69, 9.17) is 33.0 Å². The summed E-state index contributed by atoms with van der Waals surface area (Å²) in [7, 11) is 1.62. The Morgan fingerprint density at radius 3 is 2.72 bits per heavy atom. The number of hydrazone groups is 1. The monoisotopic (exact) mass is 481 g/mol. The molecule has 0 aliphatic carbocycles. The average Bonchev–Trinajstić information content (AvgIpc) is 3.48. The Bertz CT molecular complexity index is 1350. The molecule has 0 fully saturated rings. The Morgan fingerprint density at radius 1 is 1.12 bits per heavy atom. The zero-order valence-corrected chi connectivity index (χ0v) is 19.3. The van der Waals surface area contributed by atoms with Crippen LogP contribution in [0.3, 0.4) is 0 Å². The molecule has 1 atom stereocenters. The lowest BCUT2D eigenvalue weighted by Gasteiger charge is -2.23. The van der Waals surface area contributed by atoms with Gasteiger partial charge in [-0.25, -0.2) is 9.99 Å². The molecule has 8 heteroatoms.